The number of carbonyl (C=O) groups is 2. The zero-order chi connectivity index (χ0) is 17.8. The number of rotatable bonds is 6. The molecule has 1 fully saturated rings. The quantitative estimate of drug-likeness (QED) is 0.806. The SMILES string of the molecule is CC(=O)c1cc(C(=O)NCCN2CCC(c3ccccc3C)C2)cs1. The fourth-order valence-corrected chi connectivity index (χ4v) is 4.19. The molecule has 0 radical (unpaired) electrons. The molecule has 5 heteroatoms. The van der Waals surface area contributed by atoms with E-state index in [9.17, 15) is 9.59 Å². The summed E-state index contributed by atoms with van der Waals surface area (Å²) >= 11 is 1.32. The van der Waals surface area contributed by atoms with Gasteiger partial charge in [0.2, 0.25) is 0 Å². The van der Waals surface area contributed by atoms with Crippen molar-refractivity contribution in [2.45, 2.75) is 26.2 Å². The van der Waals surface area contributed by atoms with Crippen LogP contribution in [-0.2, 0) is 0 Å². The van der Waals surface area contributed by atoms with Gasteiger partial charge in [0.25, 0.3) is 5.91 Å². The number of carbonyl (C=O) groups excluding carboxylic acids is 2. The van der Waals surface area contributed by atoms with Gasteiger partial charge in [0.1, 0.15) is 0 Å². The lowest BCUT2D eigenvalue weighted by Crippen LogP contribution is -2.33. The zero-order valence-corrected chi connectivity index (χ0v) is 15.6. The van der Waals surface area contributed by atoms with Gasteiger partial charge < -0.3 is 10.2 Å². The standard InChI is InChI=1S/C20H24N2O2S/c1-14-5-3-4-6-18(14)16-7-9-22(12-16)10-8-21-20(24)17-11-19(15(2)23)25-13-17/h3-6,11,13,16H,7-10,12H2,1-2H3,(H,21,24). The molecule has 4 nitrogen and oxygen atoms in total. The highest BCUT2D eigenvalue weighted by Crippen LogP contribution is 2.28. The Morgan fingerprint density at radius 1 is 1.32 bits per heavy atom. The molecule has 0 spiro atoms. The molecule has 0 aliphatic carbocycles. The number of Topliss-reactive ketones (excluding diaryl/α,β-unsaturated/α-hetero) is 1. The molecule has 132 valence electrons. The largest absolute Gasteiger partial charge is 0.351 e. The highest BCUT2D eigenvalue weighted by atomic mass is 32.1. The number of likely N-dealkylation sites (tertiary alicyclic amines) is 1. The van der Waals surface area contributed by atoms with Gasteiger partial charge in [0.05, 0.1) is 10.4 Å². The summed E-state index contributed by atoms with van der Waals surface area (Å²) in [7, 11) is 0. The number of ketones is 1. The average Bonchev–Trinajstić information content (AvgIpc) is 3.25. The number of amides is 1. The monoisotopic (exact) mass is 356 g/mol. The Kier molecular flexibility index (Phi) is 5.66. The lowest BCUT2D eigenvalue weighted by Gasteiger charge is -2.17. The molecule has 1 atom stereocenters. The first-order valence-corrected chi connectivity index (χ1v) is 9.58. The molecule has 1 aliphatic heterocycles. The van der Waals surface area contributed by atoms with Crippen molar-refractivity contribution in [2.75, 3.05) is 26.2 Å². The zero-order valence-electron chi connectivity index (χ0n) is 14.7. The Bertz CT molecular complexity index is 769. The number of hydrogen-bond donors (Lipinski definition) is 1. The Hall–Kier alpha value is -1.98. The topological polar surface area (TPSA) is 49.4 Å². The summed E-state index contributed by atoms with van der Waals surface area (Å²) in [4.78, 5) is 26.5. The van der Waals surface area contributed by atoms with Gasteiger partial charge in [-0.2, -0.15) is 0 Å². The molecular weight excluding hydrogens is 332 g/mol. The second-order valence-electron chi connectivity index (χ2n) is 6.65. The van der Waals surface area contributed by atoms with Crippen LogP contribution in [0.2, 0.25) is 0 Å². The third kappa shape index (κ3) is 4.35. The first-order chi connectivity index (χ1) is 12.0. The smallest absolute Gasteiger partial charge is 0.252 e. The van der Waals surface area contributed by atoms with Gasteiger partial charge in [0, 0.05) is 25.0 Å². The lowest BCUT2D eigenvalue weighted by molar-refractivity contribution is 0.0950. The van der Waals surface area contributed by atoms with Crippen LogP contribution >= 0.6 is 11.3 Å². The van der Waals surface area contributed by atoms with E-state index in [0.717, 1.165) is 19.6 Å². The van der Waals surface area contributed by atoms with Crippen LogP contribution < -0.4 is 5.32 Å². The minimum absolute atomic E-state index is 0.00311. The Morgan fingerprint density at radius 2 is 2.12 bits per heavy atom. The molecule has 1 amide bonds. The van der Waals surface area contributed by atoms with Crippen molar-refractivity contribution < 1.29 is 9.59 Å². The van der Waals surface area contributed by atoms with Crippen molar-refractivity contribution in [3.8, 4) is 0 Å². The van der Waals surface area contributed by atoms with Crippen LogP contribution in [-0.4, -0.2) is 42.8 Å². The Labute approximate surface area is 152 Å². The summed E-state index contributed by atoms with van der Waals surface area (Å²) in [5.74, 6) is 0.494. The summed E-state index contributed by atoms with van der Waals surface area (Å²) in [6.07, 6.45) is 1.17. The highest BCUT2D eigenvalue weighted by Gasteiger charge is 2.24. The summed E-state index contributed by atoms with van der Waals surface area (Å²) in [5, 5.41) is 4.71. The maximum Gasteiger partial charge on any atom is 0.252 e. The van der Waals surface area contributed by atoms with E-state index >= 15 is 0 Å². The van der Waals surface area contributed by atoms with E-state index in [0.29, 0.717) is 22.9 Å². The van der Waals surface area contributed by atoms with E-state index in [2.05, 4.69) is 41.4 Å². The van der Waals surface area contributed by atoms with E-state index < -0.39 is 0 Å². The summed E-state index contributed by atoms with van der Waals surface area (Å²) in [6, 6.07) is 10.3. The van der Waals surface area contributed by atoms with Crippen LogP contribution in [0.1, 0.15) is 50.4 Å². The minimum Gasteiger partial charge on any atom is -0.351 e. The Morgan fingerprint density at radius 3 is 2.84 bits per heavy atom. The minimum atomic E-state index is -0.0987. The Balaban J connectivity index is 1.46. The number of benzene rings is 1. The molecule has 1 aliphatic rings. The number of nitrogens with one attached hydrogen (secondary N) is 1. The predicted molar refractivity (Wildman–Crippen MR) is 102 cm³/mol. The van der Waals surface area contributed by atoms with E-state index in [1.165, 1.54) is 35.8 Å². The highest BCUT2D eigenvalue weighted by molar-refractivity contribution is 7.12. The molecule has 2 heterocycles. The first-order valence-electron chi connectivity index (χ1n) is 8.70. The molecule has 1 N–H and O–H groups in total. The van der Waals surface area contributed by atoms with Gasteiger partial charge in [-0.15, -0.1) is 11.3 Å². The molecule has 0 bridgehead atoms. The first kappa shape index (κ1) is 17.8. The van der Waals surface area contributed by atoms with Crippen molar-refractivity contribution in [3.63, 3.8) is 0 Å². The number of thiophene rings is 1. The van der Waals surface area contributed by atoms with Gasteiger partial charge in [-0.05, 0) is 49.9 Å². The number of nitrogens with zero attached hydrogens (tertiary/aromatic N) is 1. The van der Waals surface area contributed by atoms with Crippen LogP contribution in [0.15, 0.2) is 35.7 Å². The van der Waals surface area contributed by atoms with Crippen molar-refractivity contribution in [1.29, 1.82) is 0 Å². The van der Waals surface area contributed by atoms with E-state index in [1.54, 1.807) is 11.4 Å². The average molecular weight is 356 g/mol. The van der Waals surface area contributed by atoms with Crippen molar-refractivity contribution in [3.05, 3.63) is 57.3 Å². The summed E-state index contributed by atoms with van der Waals surface area (Å²) in [5.41, 5.74) is 3.39. The van der Waals surface area contributed by atoms with Crippen LogP contribution in [0, 0.1) is 6.92 Å². The van der Waals surface area contributed by atoms with Crippen LogP contribution in [0.5, 0.6) is 0 Å². The fourth-order valence-electron chi connectivity index (χ4n) is 3.40. The van der Waals surface area contributed by atoms with E-state index in [4.69, 9.17) is 0 Å². The molecule has 1 unspecified atom stereocenters. The van der Waals surface area contributed by atoms with E-state index in [1.807, 2.05) is 0 Å². The van der Waals surface area contributed by atoms with Gasteiger partial charge in [-0.1, -0.05) is 24.3 Å². The molecular formula is C20H24N2O2S. The van der Waals surface area contributed by atoms with Crippen molar-refractivity contribution in [1.82, 2.24) is 10.2 Å². The summed E-state index contributed by atoms with van der Waals surface area (Å²) in [6.45, 7) is 7.30. The predicted octanol–water partition coefficient (Wildman–Crippen LogP) is 3.48. The van der Waals surface area contributed by atoms with Gasteiger partial charge >= 0.3 is 0 Å². The molecule has 1 saturated heterocycles. The molecule has 2 aromatic rings. The van der Waals surface area contributed by atoms with Gasteiger partial charge in [0.15, 0.2) is 5.78 Å². The van der Waals surface area contributed by atoms with Crippen molar-refractivity contribution in [2.24, 2.45) is 0 Å². The lowest BCUT2D eigenvalue weighted by atomic mass is 9.94. The molecule has 3 rings (SSSR count). The maximum absolute atomic E-state index is 12.2. The second kappa shape index (κ2) is 7.93. The van der Waals surface area contributed by atoms with Crippen LogP contribution in [0.25, 0.3) is 0 Å². The third-order valence-electron chi connectivity index (χ3n) is 4.82. The van der Waals surface area contributed by atoms with Crippen LogP contribution in [0.3, 0.4) is 0 Å². The van der Waals surface area contributed by atoms with Gasteiger partial charge in [-0.25, -0.2) is 0 Å². The summed E-state index contributed by atoms with van der Waals surface area (Å²) < 4.78 is 0. The molecule has 1 aromatic heterocycles. The maximum atomic E-state index is 12.2. The third-order valence-corrected chi connectivity index (χ3v) is 5.85. The normalized spacial score (nSPS) is 17.6. The molecule has 0 saturated carbocycles. The second-order valence-corrected chi connectivity index (χ2v) is 7.57. The molecule has 25 heavy (non-hydrogen) atoms. The van der Waals surface area contributed by atoms with E-state index in [-0.39, 0.29) is 11.7 Å². The van der Waals surface area contributed by atoms with Gasteiger partial charge in [-0.3, -0.25) is 9.59 Å². The number of hydrogen-bond acceptors (Lipinski definition) is 4. The molecule has 1 aromatic carbocycles. The van der Waals surface area contributed by atoms with Crippen molar-refractivity contribution >= 4 is 23.0 Å². The fraction of sp³-hybridized carbons (Fsp3) is 0.400. The number of aryl methyl sites for hydroxylation is 1. The van der Waals surface area contributed by atoms with Crippen LogP contribution in [0.4, 0.5) is 0 Å².